The summed E-state index contributed by atoms with van der Waals surface area (Å²) in [6.45, 7) is 8.62. The van der Waals surface area contributed by atoms with Gasteiger partial charge in [-0.2, -0.15) is 0 Å². The summed E-state index contributed by atoms with van der Waals surface area (Å²) in [5.41, 5.74) is 3.73. The molecule has 0 bridgehead atoms. The van der Waals surface area contributed by atoms with Crippen molar-refractivity contribution in [1.82, 2.24) is 14.8 Å². The van der Waals surface area contributed by atoms with Crippen LogP contribution >= 0.6 is 11.6 Å². The van der Waals surface area contributed by atoms with Crippen LogP contribution in [0.5, 0.6) is 5.75 Å². The van der Waals surface area contributed by atoms with Crippen molar-refractivity contribution in [2.45, 2.75) is 13.8 Å². The molecule has 1 aliphatic heterocycles. The van der Waals surface area contributed by atoms with Crippen LogP contribution in [0.3, 0.4) is 0 Å². The Morgan fingerprint density at radius 1 is 1.07 bits per heavy atom. The summed E-state index contributed by atoms with van der Waals surface area (Å²) in [7, 11) is 0. The number of H-pyrrole nitrogens is 1. The largest absolute Gasteiger partial charge is 0.492 e. The lowest BCUT2D eigenvalue weighted by Crippen LogP contribution is -2.49. The zero-order chi connectivity index (χ0) is 20.4. The number of aromatic amines is 1. The Bertz CT molecular complexity index is 966. The number of carbonyl (C=O) groups is 1. The van der Waals surface area contributed by atoms with Crippen LogP contribution in [0.25, 0.3) is 10.9 Å². The monoisotopic (exact) mass is 411 g/mol. The summed E-state index contributed by atoms with van der Waals surface area (Å²) < 4.78 is 5.92. The second-order valence-corrected chi connectivity index (χ2v) is 8.00. The molecule has 0 aliphatic carbocycles. The van der Waals surface area contributed by atoms with Crippen molar-refractivity contribution >= 4 is 28.4 Å². The van der Waals surface area contributed by atoms with Gasteiger partial charge >= 0.3 is 0 Å². The summed E-state index contributed by atoms with van der Waals surface area (Å²) >= 11 is 6.21. The molecule has 1 N–H and O–H groups in total. The molecule has 0 spiro atoms. The van der Waals surface area contributed by atoms with Crippen LogP contribution in [-0.2, 0) is 0 Å². The molecule has 1 aromatic heterocycles. The molecule has 1 saturated heterocycles. The minimum Gasteiger partial charge on any atom is -0.492 e. The van der Waals surface area contributed by atoms with E-state index in [1.54, 1.807) is 0 Å². The third-order valence-corrected chi connectivity index (χ3v) is 6.10. The van der Waals surface area contributed by atoms with Crippen molar-refractivity contribution in [3.05, 3.63) is 64.3 Å². The van der Waals surface area contributed by atoms with Gasteiger partial charge in [0, 0.05) is 48.6 Å². The molecule has 2 heterocycles. The molecule has 0 saturated carbocycles. The lowest BCUT2D eigenvalue weighted by molar-refractivity contribution is 0.0615. The number of para-hydroxylation sites is 1. The Kier molecular flexibility index (Phi) is 5.79. The van der Waals surface area contributed by atoms with E-state index in [2.05, 4.69) is 9.88 Å². The standard InChI is InChI=1S/C23H26ClN3O2/c1-16-13-19(14-17(2)22(16)24)29-12-11-26-7-9-27(10-8-26)23(28)21-15-18-5-3-4-6-20(18)25-21/h3-6,13-15,25H,7-12H2,1-2H3. The molecule has 6 heteroatoms. The highest BCUT2D eigenvalue weighted by Crippen LogP contribution is 2.25. The number of fused-ring (bicyclic) bond motifs is 1. The van der Waals surface area contributed by atoms with Gasteiger partial charge in [-0.15, -0.1) is 0 Å². The SMILES string of the molecule is Cc1cc(OCCN2CCN(C(=O)c3cc4ccccc4[nH]3)CC2)cc(C)c1Cl. The van der Waals surface area contributed by atoms with Crippen molar-refractivity contribution in [3.8, 4) is 5.75 Å². The smallest absolute Gasteiger partial charge is 0.270 e. The van der Waals surface area contributed by atoms with Gasteiger partial charge in [-0.05, 0) is 49.2 Å². The Hall–Kier alpha value is -2.50. The van der Waals surface area contributed by atoms with Crippen molar-refractivity contribution in [3.63, 3.8) is 0 Å². The number of halogens is 1. The van der Waals surface area contributed by atoms with E-state index >= 15 is 0 Å². The Labute approximate surface area is 176 Å². The number of nitrogens with one attached hydrogen (secondary N) is 1. The van der Waals surface area contributed by atoms with E-state index in [0.717, 1.165) is 65.5 Å². The number of hydrogen-bond donors (Lipinski definition) is 1. The molecule has 1 aliphatic rings. The molecule has 0 atom stereocenters. The van der Waals surface area contributed by atoms with Crippen LogP contribution in [0.15, 0.2) is 42.5 Å². The minimum absolute atomic E-state index is 0.0733. The fraction of sp³-hybridized carbons (Fsp3) is 0.348. The number of benzene rings is 2. The average molecular weight is 412 g/mol. The fourth-order valence-corrected chi connectivity index (χ4v) is 3.92. The van der Waals surface area contributed by atoms with Crippen LogP contribution in [0.1, 0.15) is 21.6 Å². The number of aromatic nitrogens is 1. The van der Waals surface area contributed by atoms with Gasteiger partial charge in [-0.3, -0.25) is 9.69 Å². The predicted molar refractivity (Wildman–Crippen MR) is 117 cm³/mol. The molecule has 29 heavy (non-hydrogen) atoms. The van der Waals surface area contributed by atoms with Gasteiger partial charge < -0.3 is 14.6 Å². The van der Waals surface area contributed by atoms with Crippen LogP contribution in [0, 0.1) is 13.8 Å². The first-order valence-electron chi connectivity index (χ1n) is 10.0. The van der Waals surface area contributed by atoms with Crippen molar-refractivity contribution in [2.24, 2.45) is 0 Å². The molecule has 0 radical (unpaired) electrons. The van der Waals surface area contributed by atoms with E-state index in [0.29, 0.717) is 12.3 Å². The number of amides is 1. The molecular weight excluding hydrogens is 386 g/mol. The van der Waals surface area contributed by atoms with Crippen LogP contribution in [0.2, 0.25) is 5.02 Å². The van der Waals surface area contributed by atoms with E-state index in [4.69, 9.17) is 16.3 Å². The van der Waals surface area contributed by atoms with E-state index in [-0.39, 0.29) is 5.91 Å². The molecule has 3 aromatic rings. The summed E-state index contributed by atoms with van der Waals surface area (Å²) in [6.07, 6.45) is 0. The Balaban J connectivity index is 1.26. The van der Waals surface area contributed by atoms with Gasteiger partial charge in [0.2, 0.25) is 0 Å². The van der Waals surface area contributed by atoms with Gasteiger partial charge in [0.15, 0.2) is 0 Å². The van der Waals surface area contributed by atoms with E-state index in [1.165, 1.54) is 0 Å². The highest BCUT2D eigenvalue weighted by Gasteiger charge is 2.23. The number of rotatable bonds is 5. The van der Waals surface area contributed by atoms with E-state index in [1.807, 2.05) is 61.2 Å². The first-order chi connectivity index (χ1) is 14.0. The van der Waals surface area contributed by atoms with Gasteiger partial charge in [-0.25, -0.2) is 0 Å². The van der Waals surface area contributed by atoms with Gasteiger partial charge in [-0.1, -0.05) is 29.8 Å². The Morgan fingerprint density at radius 2 is 1.76 bits per heavy atom. The summed E-state index contributed by atoms with van der Waals surface area (Å²) in [4.78, 5) is 20.3. The highest BCUT2D eigenvalue weighted by molar-refractivity contribution is 6.32. The second-order valence-electron chi connectivity index (χ2n) is 7.62. The number of hydrogen-bond acceptors (Lipinski definition) is 3. The van der Waals surface area contributed by atoms with E-state index < -0.39 is 0 Å². The lowest BCUT2D eigenvalue weighted by Gasteiger charge is -2.34. The number of ether oxygens (including phenoxy) is 1. The third-order valence-electron chi connectivity index (χ3n) is 5.51. The van der Waals surface area contributed by atoms with Crippen molar-refractivity contribution in [1.29, 1.82) is 0 Å². The molecule has 5 nitrogen and oxygen atoms in total. The zero-order valence-corrected chi connectivity index (χ0v) is 17.6. The number of carbonyl (C=O) groups excluding carboxylic acids is 1. The maximum atomic E-state index is 12.8. The minimum atomic E-state index is 0.0733. The molecule has 0 unspecified atom stereocenters. The third kappa shape index (κ3) is 4.41. The molecule has 4 rings (SSSR count). The highest BCUT2D eigenvalue weighted by atomic mass is 35.5. The van der Waals surface area contributed by atoms with Gasteiger partial charge in [0.05, 0.1) is 0 Å². The van der Waals surface area contributed by atoms with Crippen molar-refractivity contribution < 1.29 is 9.53 Å². The normalized spacial score (nSPS) is 15.1. The second kappa shape index (κ2) is 8.47. The predicted octanol–water partition coefficient (Wildman–Crippen LogP) is 4.27. The molecule has 152 valence electrons. The van der Waals surface area contributed by atoms with Crippen molar-refractivity contribution in [2.75, 3.05) is 39.3 Å². The average Bonchev–Trinajstić information content (AvgIpc) is 3.16. The Morgan fingerprint density at radius 3 is 2.45 bits per heavy atom. The molecule has 2 aromatic carbocycles. The number of nitrogens with zero attached hydrogens (tertiary/aromatic N) is 2. The van der Waals surface area contributed by atoms with Gasteiger partial charge in [0.25, 0.3) is 5.91 Å². The van der Waals surface area contributed by atoms with E-state index in [9.17, 15) is 4.79 Å². The molecular formula is C23H26ClN3O2. The molecule has 1 fully saturated rings. The molecule has 1 amide bonds. The maximum absolute atomic E-state index is 12.8. The maximum Gasteiger partial charge on any atom is 0.270 e. The number of piperazine rings is 1. The van der Waals surface area contributed by atoms with Crippen LogP contribution < -0.4 is 4.74 Å². The quantitative estimate of drug-likeness (QED) is 0.681. The first kappa shape index (κ1) is 19.8. The topological polar surface area (TPSA) is 48.6 Å². The zero-order valence-electron chi connectivity index (χ0n) is 16.9. The van der Waals surface area contributed by atoms with Crippen LogP contribution in [0.4, 0.5) is 0 Å². The summed E-state index contributed by atoms with van der Waals surface area (Å²) in [5.74, 6) is 0.932. The van der Waals surface area contributed by atoms with Crippen LogP contribution in [-0.4, -0.2) is 60.0 Å². The summed E-state index contributed by atoms with van der Waals surface area (Å²) in [5, 5.41) is 1.87. The lowest BCUT2D eigenvalue weighted by atomic mass is 10.1. The fourth-order valence-electron chi connectivity index (χ4n) is 3.82. The van der Waals surface area contributed by atoms with Gasteiger partial charge in [0.1, 0.15) is 18.1 Å². The summed E-state index contributed by atoms with van der Waals surface area (Å²) in [6, 6.07) is 13.9. The number of aryl methyl sites for hydroxylation is 2. The first-order valence-corrected chi connectivity index (χ1v) is 10.4.